The van der Waals surface area contributed by atoms with Crippen molar-refractivity contribution in [3.63, 3.8) is 0 Å². The predicted octanol–water partition coefficient (Wildman–Crippen LogP) is 3.68. The molecule has 8 heteroatoms. The summed E-state index contributed by atoms with van der Waals surface area (Å²) >= 11 is 5.90. The summed E-state index contributed by atoms with van der Waals surface area (Å²) in [6.07, 6.45) is 1.42. The summed E-state index contributed by atoms with van der Waals surface area (Å²) in [5.41, 5.74) is 3.35. The van der Waals surface area contributed by atoms with Gasteiger partial charge >= 0.3 is 11.8 Å². The number of hydrogen-bond acceptors (Lipinski definition) is 5. The molecule has 2 amide bonds. The Morgan fingerprint density at radius 3 is 2.37 bits per heavy atom. The molecule has 2 aromatic rings. The second kappa shape index (κ2) is 10.6. The first kappa shape index (κ1) is 23.2. The zero-order valence-corrected chi connectivity index (χ0v) is 18.2. The summed E-state index contributed by atoms with van der Waals surface area (Å²) in [6.45, 7) is 8.05. The number of rotatable bonds is 7. The minimum atomic E-state index is -0.839. The number of nitrogens with one attached hydrogen (secondary N) is 2. The Balaban J connectivity index is 2.01. The van der Waals surface area contributed by atoms with Crippen LogP contribution in [-0.2, 0) is 16.2 Å². The highest BCUT2D eigenvalue weighted by atomic mass is 35.5. The monoisotopic (exact) mass is 431 g/mol. The first-order valence-electron chi connectivity index (χ1n) is 9.47. The van der Waals surface area contributed by atoms with Crippen LogP contribution in [0.15, 0.2) is 47.6 Å². The molecule has 30 heavy (non-hydrogen) atoms. The Morgan fingerprint density at radius 1 is 1.03 bits per heavy atom. The van der Waals surface area contributed by atoms with Crippen LogP contribution in [0.4, 0.5) is 0 Å². The molecule has 7 nitrogen and oxygen atoms in total. The molecule has 0 aromatic heterocycles. The van der Waals surface area contributed by atoms with Crippen molar-refractivity contribution >= 4 is 29.6 Å². The lowest BCUT2D eigenvalue weighted by molar-refractivity contribution is -0.140. The minimum Gasteiger partial charge on any atom is -0.490 e. The molecular formula is C22H26ClN3O4. The molecular weight excluding hydrogens is 406 g/mol. The van der Waals surface area contributed by atoms with Gasteiger partial charge in [0.25, 0.3) is 0 Å². The highest BCUT2D eigenvalue weighted by Crippen LogP contribution is 2.29. The van der Waals surface area contributed by atoms with Gasteiger partial charge in [-0.05, 0) is 69.2 Å². The number of hydrazone groups is 1. The van der Waals surface area contributed by atoms with Crippen LogP contribution in [0.2, 0.25) is 5.02 Å². The van der Waals surface area contributed by atoms with E-state index in [2.05, 4.69) is 15.8 Å². The van der Waals surface area contributed by atoms with E-state index in [1.54, 1.807) is 51.1 Å². The van der Waals surface area contributed by atoms with Gasteiger partial charge in [0, 0.05) is 10.6 Å². The van der Waals surface area contributed by atoms with Gasteiger partial charge in [-0.25, -0.2) is 5.43 Å². The van der Waals surface area contributed by atoms with Crippen molar-refractivity contribution in [1.29, 1.82) is 0 Å². The van der Waals surface area contributed by atoms with E-state index in [0.29, 0.717) is 35.3 Å². The van der Waals surface area contributed by atoms with E-state index < -0.39 is 17.4 Å². The van der Waals surface area contributed by atoms with Gasteiger partial charge in [-0.3, -0.25) is 9.59 Å². The van der Waals surface area contributed by atoms with Gasteiger partial charge in [0.1, 0.15) is 6.61 Å². The SMILES string of the molecule is CCOc1cc(/C=N\NC(=O)C(=O)NC(C)(C)C)ccc1OCc1ccc(Cl)cc1. The number of carbonyl (C=O) groups excluding carboxylic acids is 2. The molecule has 0 unspecified atom stereocenters. The molecule has 0 aliphatic carbocycles. The largest absolute Gasteiger partial charge is 0.490 e. The summed E-state index contributed by atoms with van der Waals surface area (Å²) in [6, 6.07) is 12.7. The molecule has 0 radical (unpaired) electrons. The number of nitrogens with zero attached hydrogens (tertiary/aromatic N) is 1. The van der Waals surface area contributed by atoms with E-state index >= 15 is 0 Å². The number of carbonyl (C=O) groups is 2. The fourth-order valence-electron chi connectivity index (χ4n) is 2.35. The molecule has 0 saturated carbocycles. The lowest BCUT2D eigenvalue weighted by Crippen LogP contribution is -2.47. The van der Waals surface area contributed by atoms with Crippen molar-refractivity contribution < 1.29 is 19.1 Å². The third-order valence-electron chi connectivity index (χ3n) is 3.65. The van der Waals surface area contributed by atoms with Crippen molar-refractivity contribution in [3.8, 4) is 11.5 Å². The highest BCUT2D eigenvalue weighted by molar-refractivity contribution is 6.35. The smallest absolute Gasteiger partial charge is 0.329 e. The average Bonchev–Trinajstić information content (AvgIpc) is 2.67. The van der Waals surface area contributed by atoms with Gasteiger partial charge in [-0.1, -0.05) is 23.7 Å². The first-order valence-corrected chi connectivity index (χ1v) is 9.85. The second-order valence-electron chi connectivity index (χ2n) is 7.46. The quantitative estimate of drug-likeness (QED) is 0.397. The summed E-state index contributed by atoms with van der Waals surface area (Å²) in [5.74, 6) is -0.459. The van der Waals surface area contributed by atoms with Crippen LogP contribution in [0.1, 0.15) is 38.8 Å². The van der Waals surface area contributed by atoms with Crippen LogP contribution < -0.4 is 20.2 Å². The fraction of sp³-hybridized carbons (Fsp3) is 0.318. The molecule has 0 heterocycles. The number of hydrogen-bond donors (Lipinski definition) is 2. The van der Waals surface area contributed by atoms with Gasteiger partial charge in [0.15, 0.2) is 11.5 Å². The highest BCUT2D eigenvalue weighted by Gasteiger charge is 2.19. The maximum absolute atomic E-state index is 11.8. The molecule has 0 aliphatic heterocycles. The van der Waals surface area contributed by atoms with E-state index in [0.717, 1.165) is 5.56 Å². The fourth-order valence-corrected chi connectivity index (χ4v) is 2.47. The van der Waals surface area contributed by atoms with Crippen LogP contribution in [0, 0.1) is 0 Å². The van der Waals surface area contributed by atoms with Crippen LogP contribution >= 0.6 is 11.6 Å². The summed E-state index contributed by atoms with van der Waals surface area (Å²) < 4.78 is 11.5. The molecule has 2 aromatic carbocycles. The number of ether oxygens (including phenoxy) is 2. The molecule has 0 aliphatic rings. The summed E-state index contributed by atoms with van der Waals surface area (Å²) in [4.78, 5) is 23.5. The molecule has 2 N–H and O–H groups in total. The molecule has 2 rings (SSSR count). The standard InChI is InChI=1S/C22H26ClN3O4/c1-5-29-19-12-16(13-24-26-21(28)20(27)25-22(2,3)4)8-11-18(19)30-14-15-6-9-17(23)10-7-15/h6-13H,5,14H2,1-4H3,(H,25,27)(H,26,28)/b24-13-. The topological polar surface area (TPSA) is 89.0 Å². The Labute approximate surface area is 181 Å². The van der Waals surface area contributed by atoms with Gasteiger partial charge < -0.3 is 14.8 Å². The number of amides is 2. The predicted molar refractivity (Wildman–Crippen MR) is 117 cm³/mol. The molecule has 0 fully saturated rings. The minimum absolute atomic E-state index is 0.365. The van der Waals surface area contributed by atoms with Crippen molar-refractivity contribution in [2.45, 2.75) is 39.8 Å². The Kier molecular flexibility index (Phi) is 8.24. The van der Waals surface area contributed by atoms with E-state index in [1.807, 2.05) is 19.1 Å². The van der Waals surface area contributed by atoms with Crippen LogP contribution in [0.5, 0.6) is 11.5 Å². The lowest BCUT2D eigenvalue weighted by Gasteiger charge is -2.19. The lowest BCUT2D eigenvalue weighted by atomic mass is 10.1. The van der Waals surface area contributed by atoms with Crippen LogP contribution in [0.3, 0.4) is 0 Å². The van der Waals surface area contributed by atoms with E-state index in [-0.39, 0.29) is 0 Å². The van der Waals surface area contributed by atoms with Crippen molar-refractivity contribution in [2.24, 2.45) is 5.10 Å². The van der Waals surface area contributed by atoms with Crippen molar-refractivity contribution in [2.75, 3.05) is 6.61 Å². The Morgan fingerprint density at radius 2 is 1.73 bits per heavy atom. The second-order valence-corrected chi connectivity index (χ2v) is 7.89. The molecule has 160 valence electrons. The van der Waals surface area contributed by atoms with Crippen molar-refractivity contribution in [3.05, 3.63) is 58.6 Å². The number of benzene rings is 2. The van der Waals surface area contributed by atoms with Crippen molar-refractivity contribution in [1.82, 2.24) is 10.7 Å². The maximum atomic E-state index is 11.8. The maximum Gasteiger partial charge on any atom is 0.329 e. The van der Waals surface area contributed by atoms with E-state index in [1.165, 1.54) is 6.21 Å². The van der Waals surface area contributed by atoms with Gasteiger partial charge in [-0.2, -0.15) is 5.10 Å². The van der Waals surface area contributed by atoms with Gasteiger partial charge in [-0.15, -0.1) is 0 Å². The molecule has 0 atom stereocenters. The van der Waals surface area contributed by atoms with Crippen LogP contribution in [0.25, 0.3) is 0 Å². The molecule has 0 bridgehead atoms. The van der Waals surface area contributed by atoms with E-state index in [9.17, 15) is 9.59 Å². The molecule has 0 saturated heterocycles. The van der Waals surface area contributed by atoms with E-state index in [4.69, 9.17) is 21.1 Å². The number of halogens is 1. The molecule has 0 spiro atoms. The summed E-state index contributed by atoms with van der Waals surface area (Å²) in [7, 11) is 0. The zero-order valence-electron chi connectivity index (χ0n) is 17.5. The summed E-state index contributed by atoms with van der Waals surface area (Å²) in [5, 5.41) is 7.06. The van der Waals surface area contributed by atoms with Gasteiger partial charge in [0.05, 0.1) is 12.8 Å². The van der Waals surface area contributed by atoms with Gasteiger partial charge in [0.2, 0.25) is 0 Å². The third kappa shape index (κ3) is 7.75. The zero-order chi connectivity index (χ0) is 22.1. The third-order valence-corrected chi connectivity index (χ3v) is 3.90. The normalized spacial score (nSPS) is 11.2. The average molecular weight is 432 g/mol. The Hall–Kier alpha value is -3.06. The van der Waals surface area contributed by atoms with Crippen LogP contribution in [-0.4, -0.2) is 30.2 Å². The Bertz CT molecular complexity index is 906. The first-order chi connectivity index (χ1) is 14.2.